The van der Waals surface area contributed by atoms with Crippen LogP contribution in [0.4, 0.5) is 8.78 Å². The Labute approximate surface area is 212 Å². The number of carbonyl (C=O) groups is 2. The summed E-state index contributed by atoms with van der Waals surface area (Å²) < 4.78 is 33.9. The Morgan fingerprint density at radius 1 is 1.25 bits per heavy atom. The molecule has 1 aliphatic rings. The summed E-state index contributed by atoms with van der Waals surface area (Å²) in [5, 5.41) is 2.63. The zero-order chi connectivity index (χ0) is 26.0. The first kappa shape index (κ1) is 25.6. The standard InChI is InChI=1S/C24H21BrF2N4O5/c1-12-3-4-14(22(33)30-18-11-36-28-9-20(18)32)7-19(12)31-13(2)29-23(21(25)24(31)34)35-10-15-5-6-16(26)8-17(15)27/h3-8,18,28H,9-11H2,1-2H3,(H,30,33)/t18-/m1/s1. The molecule has 1 aromatic heterocycles. The van der Waals surface area contributed by atoms with Gasteiger partial charge in [-0.25, -0.2) is 8.78 Å². The van der Waals surface area contributed by atoms with Gasteiger partial charge in [0.1, 0.15) is 34.6 Å². The van der Waals surface area contributed by atoms with Crippen LogP contribution in [0.15, 0.2) is 45.7 Å². The molecule has 0 saturated carbocycles. The Bertz CT molecular complexity index is 1410. The molecular weight excluding hydrogens is 542 g/mol. The first-order valence-corrected chi connectivity index (χ1v) is 11.6. The van der Waals surface area contributed by atoms with Crippen LogP contribution in [-0.2, 0) is 16.2 Å². The first-order chi connectivity index (χ1) is 17.2. The molecule has 0 bridgehead atoms. The number of ketones is 1. The number of nitrogens with one attached hydrogen (secondary N) is 2. The highest BCUT2D eigenvalue weighted by Gasteiger charge is 2.25. The van der Waals surface area contributed by atoms with E-state index in [1.54, 1.807) is 26.0 Å². The first-order valence-electron chi connectivity index (χ1n) is 10.8. The fraction of sp³-hybridized carbons (Fsp3) is 0.250. The molecule has 1 atom stereocenters. The summed E-state index contributed by atoms with van der Waals surface area (Å²) in [6.07, 6.45) is 0. The van der Waals surface area contributed by atoms with Crippen molar-refractivity contribution in [2.24, 2.45) is 0 Å². The summed E-state index contributed by atoms with van der Waals surface area (Å²) in [4.78, 5) is 47.3. The number of carbonyl (C=O) groups excluding carboxylic acids is 2. The number of rotatable bonds is 6. The van der Waals surface area contributed by atoms with E-state index in [1.807, 2.05) is 0 Å². The molecule has 36 heavy (non-hydrogen) atoms. The predicted molar refractivity (Wildman–Crippen MR) is 128 cm³/mol. The Kier molecular flexibility index (Phi) is 7.57. The average molecular weight is 563 g/mol. The number of Topliss-reactive ketones (excluding diaryl/α,β-unsaturated/α-hetero) is 1. The molecule has 2 N–H and O–H groups in total. The van der Waals surface area contributed by atoms with Crippen molar-refractivity contribution in [3.8, 4) is 11.6 Å². The Morgan fingerprint density at radius 2 is 2.03 bits per heavy atom. The molecule has 0 aliphatic carbocycles. The van der Waals surface area contributed by atoms with Gasteiger partial charge >= 0.3 is 0 Å². The molecule has 2 heterocycles. The van der Waals surface area contributed by atoms with E-state index in [1.165, 1.54) is 16.7 Å². The van der Waals surface area contributed by atoms with Crippen molar-refractivity contribution >= 4 is 27.6 Å². The lowest BCUT2D eigenvalue weighted by molar-refractivity contribution is -0.130. The zero-order valence-electron chi connectivity index (χ0n) is 19.2. The minimum Gasteiger partial charge on any atom is -0.472 e. The van der Waals surface area contributed by atoms with E-state index < -0.39 is 29.1 Å². The SMILES string of the molecule is Cc1ccc(C(=O)N[C@@H]2CONCC2=O)cc1-n1c(C)nc(OCc2ccc(F)cc2F)c(Br)c1=O. The number of benzene rings is 2. The van der Waals surface area contributed by atoms with E-state index in [0.29, 0.717) is 11.3 Å². The van der Waals surface area contributed by atoms with E-state index in [-0.39, 0.29) is 52.8 Å². The number of hydroxylamine groups is 1. The van der Waals surface area contributed by atoms with Gasteiger partial charge in [0.2, 0.25) is 5.88 Å². The number of aromatic nitrogens is 2. The molecule has 12 heteroatoms. The summed E-state index contributed by atoms with van der Waals surface area (Å²) in [5.41, 5.74) is 3.38. The van der Waals surface area contributed by atoms with Gasteiger partial charge in [-0.1, -0.05) is 6.07 Å². The molecule has 1 aliphatic heterocycles. The largest absolute Gasteiger partial charge is 0.472 e. The lowest BCUT2D eigenvalue weighted by Gasteiger charge is -2.22. The lowest BCUT2D eigenvalue weighted by atomic mass is 10.1. The highest BCUT2D eigenvalue weighted by atomic mass is 79.9. The fourth-order valence-electron chi connectivity index (χ4n) is 3.58. The van der Waals surface area contributed by atoms with Gasteiger partial charge in [-0.3, -0.25) is 23.8 Å². The molecule has 1 fully saturated rings. The predicted octanol–water partition coefficient (Wildman–Crippen LogP) is 2.67. The van der Waals surface area contributed by atoms with Gasteiger partial charge in [0.25, 0.3) is 11.5 Å². The summed E-state index contributed by atoms with van der Waals surface area (Å²) in [5.74, 6) is -2.01. The van der Waals surface area contributed by atoms with Crippen LogP contribution in [0.2, 0.25) is 0 Å². The number of hydrogen-bond donors (Lipinski definition) is 2. The lowest BCUT2D eigenvalue weighted by Crippen LogP contribution is -2.52. The van der Waals surface area contributed by atoms with Crippen LogP contribution >= 0.6 is 15.9 Å². The summed E-state index contributed by atoms with van der Waals surface area (Å²) >= 11 is 3.20. The Balaban J connectivity index is 1.61. The maximum Gasteiger partial charge on any atom is 0.276 e. The van der Waals surface area contributed by atoms with Crippen LogP contribution in [-0.4, -0.2) is 40.4 Å². The second kappa shape index (κ2) is 10.6. The number of amides is 1. The molecule has 3 aromatic rings. The van der Waals surface area contributed by atoms with Crippen LogP contribution in [0.5, 0.6) is 5.88 Å². The molecule has 1 saturated heterocycles. The van der Waals surface area contributed by atoms with Gasteiger partial charge in [-0.2, -0.15) is 10.5 Å². The molecule has 0 spiro atoms. The third kappa shape index (κ3) is 5.35. The Hall–Kier alpha value is -3.48. The maximum atomic E-state index is 13.9. The average Bonchev–Trinajstić information content (AvgIpc) is 2.84. The molecule has 9 nitrogen and oxygen atoms in total. The summed E-state index contributed by atoms with van der Waals surface area (Å²) in [6.45, 7) is 3.07. The van der Waals surface area contributed by atoms with Crippen molar-refractivity contribution in [2.75, 3.05) is 13.2 Å². The molecule has 2 aromatic carbocycles. The number of aryl methyl sites for hydroxylation is 2. The van der Waals surface area contributed by atoms with Gasteiger partial charge < -0.3 is 10.1 Å². The van der Waals surface area contributed by atoms with Crippen molar-refractivity contribution in [1.82, 2.24) is 20.3 Å². The van der Waals surface area contributed by atoms with Crippen LogP contribution < -0.4 is 21.1 Å². The van der Waals surface area contributed by atoms with E-state index in [2.05, 4.69) is 31.7 Å². The van der Waals surface area contributed by atoms with Gasteiger partial charge in [-0.05, 0) is 59.6 Å². The molecule has 1 amide bonds. The van der Waals surface area contributed by atoms with Gasteiger partial charge in [0.05, 0.1) is 18.8 Å². The zero-order valence-corrected chi connectivity index (χ0v) is 20.8. The van der Waals surface area contributed by atoms with Crippen molar-refractivity contribution < 1.29 is 27.9 Å². The van der Waals surface area contributed by atoms with Crippen LogP contribution in [0.25, 0.3) is 5.69 Å². The van der Waals surface area contributed by atoms with Gasteiger partial charge in [0, 0.05) is 17.2 Å². The monoisotopic (exact) mass is 562 g/mol. The number of ether oxygens (including phenoxy) is 1. The highest BCUT2D eigenvalue weighted by molar-refractivity contribution is 9.10. The van der Waals surface area contributed by atoms with Crippen molar-refractivity contribution in [3.63, 3.8) is 0 Å². The third-order valence-electron chi connectivity index (χ3n) is 5.55. The molecule has 4 rings (SSSR count). The minimum absolute atomic E-state index is 0.00199. The maximum absolute atomic E-state index is 13.9. The minimum atomic E-state index is -0.786. The molecule has 0 unspecified atom stereocenters. The third-order valence-corrected chi connectivity index (χ3v) is 6.23. The smallest absolute Gasteiger partial charge is 0.276 e. The van der Waals surface area contributed by atoms with Crippen molar-refractivity contribution in [3.05, 3.63) is 85.4 Å². The van der Waals surface area contributed by atoms with E-state index in [9.17, 15) is 23.2 Å². The summed E-state index contributed by atoms with van der Waals surface area (Å²) in [7, 11) is 0. The van der Waals surface area contributed by atoms with Crippen LogP contribution in [0.1, 0.15) is 27.3 Å². The van der Waals surface area contributed by atoms with Crippen LogP contribution in [0, 0.1) is 25.5 Å². The molecular formula is C24H21BrF2N4O5. The molecule has 0 radical (unpaired) electrons. The van der Waals surface area contributed by atoms with E-state index >= 15 is 0 Å². The van der Waals surface area contributed by atoms with Gasteiger partial charge in [0.15, 0.2) is 5.78 Å². The van der Waals surface area contributed by atoms with Crippen molar-refractivity contribution in [1.29, 1.82) is 0 Å². The number of nitrogens with zero attached hydrogens (tertiary/aromatic N) is 2. The second-order valence-corrected chi connectivity index (χ2v) is 8.86. The Morgan fingerprint density at radius 3 is 2.75 bits per heavy atom. The van der Waals surface area contributed by atoms with E-state index in [4.69, 9.17) is 9.57 Å². The quantitative estimate of drug-likeness (QED) is 0.475. The van der Waals surface area contributed by atoms with Gasteiger partial charge in [-0.15, -0.1) is 0 Å². The normalized spacial score (nSPS) is 15.6. The summed E-state index contributed by atoms with van der Waals surface area (Å²) in [6, 6.07) is 7.08. The fourth-order valence-corrected chi connectivity index (χ4v) is 3.96. The highest BCUT2D eigenvalue weighted by Crippen LogP contribution is 2.24. The topological polar surface area (TPSA) is 112 Å². The number of hydrogen-bond acceptors (Lipinski definition) is 7. The number of halogens is 3. The second-order valence-electron chi connectivity index (χ2n) is 8.07. The van der Waals surface area contributed by atoms with E-state index in [0.717, 1.165) is 12.1 Å². The molecule has 188 valence electrons. The van der Waals surface area contributed by atoms with Crippen LogP contribution in [0.3, 0.4) is 0 Å². The van der Waals surface area contributed by atoms with Crippen molar-refractivity contribution in [2.45, 2.75) is 26.5 Å².